The number of nitrogens with zero attached hydrogens (tertiary/aromatic N) is 2. The van der Waals surface area contributed by atoms with Gasteiger partial charge in [-0.25, -0.2) is 9.18 Å². The van der Waals surface area contributed by atoms with Crippen molar-refractivity contribution in [3.63, 3.8) is 0 Å². The molecule has 1 fully saturated rings. The largest absolute Gasteiger partial charge is 0.489 e. The van der Waals surface area contributed by atoms with Gasteiger partial charge in [-0.05, 0) is 91.5 Å². The van der Waals surface area contributed by atoms with Crippen LogP contribution in [0.4, 0.5) is 9.18 Å². The summed E-state index contributed by atoms with van der Waals surface area (Å²) in [4.78, 5) is 21.8. The zero-order valence-corrected chi connectivity index (χ0v) is 34.8. The third-order valence-electron chi connectivity index (χ3n) is 12.1. The van der Waals surface area contributed by atoms with Crippen molar-refractivity contribution in [2.75, 3.05) is 40.3 Å². The average Bonchev–Trinajstić information content (AvgIpc) is 3.74. The van der Waals surface area contributed by atoms with Gasteiger partial charge in [-0.15, -0.1) is 13.2 Å². The van der Waals surface area contributed by atoms with E-state index in [9.17, 15) is 19.4 Å². The van der Waals surface area contributed by atoms with Crippen LogP contribution in [-0.4, -0.2) is 79.1 Å². The van der Waals surface area contributed by atoms with Crippen molar-refractivity contribution in [2.45, 2.75) is 82.3 Å². The number of unbranched alkanes of at least 4 members (excludes halogenated alkanes) is 2. The quantitative estimate of drug-likeness (QED) is 0.0610. The van der Waals surface area contributed by atoms with E-state index in [1.165, 1.54) is 13.2 Å². The van der Waals surface area contributed by atoms with Gasteiger partial charge in [0.25, 0.3) is 0 Å². The van der Waals surface area contributed by atoms with E-state index in [0.717, 1.165) is 42.4 Å². The van der Waals surface area contributed by atoms with E-state index in [4.69, 9.17) is 33.3 Å². The number of amides is 1. The predicted octanol–water partition coefficient (Wildman–Crippen LogP) is 8.61. The first-order valence-corrected chi connectivity index (χ1v) is 21.3. The van der Waals surface area contributed by atoms with E-state index in [1.807, 2.05) is 36.4 Å². The Bertz CT molecular complexity index is 2070. The number of carbonyl (C=O) groups is 1. The van der Waals surface area contributed by atoms with Gasteiger partial charge in [-0.3, -0.25) is 4.90 Å². The van der Waals surface area contributed by atoms with E-state index in [0.29, 0.717) is 53.5 Å². The van der Waals surface area contributed by atoms with Gasteiger partial charge in [0.2, 0.25) is 12.6 Å². The van der Waals surface area contributed by atoms with Crippen LogP contribution in [0.2, 0.25) is 0 Å². The van der Waals surface area contributed by atoms with Crippen LogP contribution in [0, 0.1) is 23.6 Å². The van der Waals surface area contributed by atoms with Gasteiger partial charge in [0.15, 0.2) is 11.5 Å². The molecule has 0 aromatic heterocycles. The fourth-order valence-electron chi connectivity index (χ4n) is 9.48. The summed E-state index contributed by atoms with van der Waals surface area (Å²) < 4.78 is 52.7. The summed E-state index contributed by atoms with van der Waals surface area (Å²) >= 11 is 0. The molecule has 2 heterocycles. The smallest absolute Gasteiger partial charge is 0.410 e. The van der Waals surface area contributed by atoms with E-state index >= 15 is 0 Å². The molecular formula is C48H57FN2O10. The minimum Gasteiger partial charge on any atom is -0.489 e. The molecule has 2 aliphatic carbocycles. The van der Waals surface area contributed by atoms with Crippen LogP contribution >= 0.6 is 0 Å². The SMILES string of the molecule is C=CCCOC(=O)N(Cc1ccc2c(c1)OCO2)[C@H]1CC(=NOC)C2=C[C@H](CCCCO)[C@@H](CCCCO)[C@@H]3c4cc(OCc5ccccc5F)ccc4O[C@@]1(OCC=C)[C@H]23. The number of aliphatic hydroxyl groups excluding tert-OH is 2. The van der Waals surface area contributed by atoms with Crippen LogP contribution in [0.15, 0.2) is 103 Å². The maximum atomic E-state index is 14.7. The summed E-state index contributed by atoms with van der Waals surface area (Å²) in [6.07, 6.45) is 10.1. The van der Waals surface area contributed by atoms with Crippen LogP contribution in [0.3, 0.4) is 0 Å². The molecule has 2 aliphatic heterocycles. The lowest BCUT2D eigenvalue weighted by atomic mass is 9.55. The second kappa shape index (κ2) is 20.5. The highest BCUT2D eigenvalue weighted by atomic mass is 19.1. The number of rotatable bonds is 21. The molecule has 12 nitrogen and oxygen atoms in total. The summed E-state index contributed by atoms with van der Waals surface area (Å²) in [6, 6.07) is 17.0. The third kappa shape index (κ3) is 9.44. The second-order valence-electron chi connectivity index (χ2n) is 15.8. The zero-order chi connectivity index (χ0) is 42.8. The molecule has 0 spiro atoms. The van der Waals surface area contributed by atoms with Crippen LogP contribution in [0.1, 0.15) is 74.0 Å². The molecule has 1 saturated carbocycles. The summed E-state index contributed by atoms with van der Waals surface area (Å²) in [5.41, 5.74) is 3.63. The summed E-state index contributed by atoms with van der Waals surface area (Å²) in [5, 5.41) is 24.5. The molecule has 7 rings (SSSR count). The molecule has 0 radical (unpaired) electrons. The Kier molecular flexibility index (Phi) is 14.7. The molecule has 2 N–H and O–H groups in total. The number of ether oxygens (including phenoxy) is 6. The Morgan fingerprint density at radius 3 is 2.54 bits per heavy atom. The monoisotopic (exact) mass is 840 g/mol. The molecule has 3 aromatic rings. The first-order chi connectivity index (χ1) is 29.8. The van der Waals surface area contributed by atoms with Crippen LogP contribution in [0.5, 0.6) is 23.0 Å². The molecule has 3 aromatic carbocycles. The lowest BCUT2D eigenvalue weighted by molar-refractivity contribution is -0.256. The Morgan fingerprint density at radius 2 is 1.77 bits per heavy atom. The highest BCUT2D eigenvalue weighted by molar-refractivity contribution is 6.03. The lowest BCUT2D eigenvalue weighted by Gasteiger charge is -2.59. The highest BCUT2D eigenvalue weighted by Gasteiger charge is 2.65. The number of halogens is 1. The number of benzene rings is 3. The molecule has 1 amide bonds. The normalized spacial score (nSPS) is 23.8. The number of carbonyl (C=O) groups excluding carboxylic acids is 1. The number of fused-ring (bicyclic) bond motifs is 3. The molecule has 61 heavy (non-hydrogen) atoms. The standard InChI is InChI=1S/C48H57FN2O10/c1-4-6-24-56-47(54)51(29-32-17-19-42-43(25-32)59-31-58-42)44-28-40(50-55-3)37-26-33(13-9-11-21-52)36(15-10-12-22-53)45-38-27-35(57-30-34-14-7-8-16-39(34)49)18-20-41(38)61-48(44,46(37)45)60-23-5-2/h4-5,7-8,14,16-20,25-27,33,36,44-46,52-53H,1-2,6,9-13,15,21-24,28-31H2,3H3/t33-,36+,44-,45+,46+,48+/m0/s1. The molecular weight excluding hydrogens is 784 g/mol. The fourth-order valence-corrected chi connectivity index (χ4v) is 9.48. The molecule has 4 aliphatic rings. The Morgan fingerprint density at radius 1 is 0.984 bits per heavy atom. The van der Waals surface area contributed by atoms with Crippen molar-refractivity contribution in [1.29, 1.82) is 0 Å². The maximum absolute atomic E-state index is 14.7. The van der Waals surface area contributed by atoms with Gasteiger partial charge in [0.05, 0.1) is 24.8 Å². The molecule has 13 heteroatoms. The topological polar surface area (TPSA) is 138 Å². The number of oxime groups is 1. The first-order valence-electron chi connectivity index (χ1n) is 21.3. The van der Waals surface area contributed by atoms with Crippen LogP contribution in [0.25, 0.3) is 0 Å². The van der Waals surface area contributed by atoms with E-state index < -0.39 is 23.8 Å². The second-order valence-corrected chi connectivity index (χ2v) is 15.8. The van der Waals surface area contributed by atoms with Crippen molar-refractivity contribution in [3.05, 3.63) is 120 Å². The van der Waals surface area contributed by atoms with Gasteiger partial charge in [0, 0.05) is 43.2 Å². The Hall–Kier alpha value is -5.37. The molecule has 0 bridgehead atoms. The number of allylic oxidation sites excluding steroid dienone is 1. The minimum absolute atomic E-state index is 0.000403. The number of hydrogen-bond donors (Lipinski definition) is 2. The zero-order valence-electron chi connectivity index (χ0n) is 34.8. The Labute approximate surface area is 357 Å². The Balaban J connectivity index is 1.41. The van der Waals surface area contributed by atoms with Crippen LogP contribution in [-0.2, 0) is 27.5 Å². The van der Waals surface area contributed by atoms with Crippen molar-refractivity contribution < 1.29 is 52.7 Å². The number of hydrogen-bond acceptors (Lipinski definition) is 11. The van der Waals surface area contributed by atoms with Gasteiger partial charge >= 0.3 is 6.09 Å². The van der Waals surface area contributed by atoms with Crippen molar-refractivity contribution >= 4 is 11.8 Å². The maximum Gasteiger partial charge on any atom is 0.410 e. The first kappa shape index (κ1) is 43.7. The van der Waals surface area contributed by atoms with Gasteiger partial charge < -0.3 is 43.5 Å². The van der Waals surface area contributed by atoms with Crippen LogP contribution < -0.4 is 18.9 Å². The minimum atomic E-state index is -1.50. The number of aliphatic hydroxyl groups is 2. The van der Waals surface area contributed by atoms with Gasteiger partial charge in [-0.2, -0.15) is 0 Å². The van der Waals surface area contributed by atoms with Gasteiger partial charge in [0.1, 0.15) is 37.1 Å². The molecule has 326 valence electrons. The summed E-state index contributed by atoms with van der Waals surface area (Å²) in [7, 11) is 1.51. The molecule has 6 atom stereocenters. The van der Waals surface area contributed by atoms with Gasteiger partial charge in [-0.1, -0.05) is 60.5 Å². The van der Waals surface area contributed by atoms with E-state index in [1.54, 1.807) is 35.3 Å². The predicted molar refractivity (Wildman–Crippen MR) is 227 cm³/mol. The lowest BCUT2D eigenvalue weighted by Crippen LogP contribution is -2.70. The highest BCUT2D eigenvalue weighted by Crippen LogP contribution is 2.62. The molecule has 0 saturated heterocycles. The summed E-state index contributed by atoms with van der Waals surface area (Å²) in [5.74, 6) is -0.333. The van der Waals surface area contributed by atoms with E-state index in [-0.39, 0.29) is 76.4 Å². The average molecular weight is 841 g/mol. The van der Waals surface area contributed by atoms with Crippen molar-refractivity contribution in [3.8, 4) is 23.0 Å². The van der Waals surface area contributed by atoms with Crippen molar-refractivity contribution in [1.82, 2.24) is 4.90 Å². The summed E-state index contributed by atoms with van der Waals surface area (Å²) in [6.45, 7) is 8.42. The van der Waals surface area contributed by atoms with E-state index in [2.05, 4.69) is 24.4 Å². The van der Waals surface area contributed by atoms with Crippen molar-refractivity contribution in [2.24, 2.45) is 22.9 Å². The molecule has 0 unspecified atom stereocenters. The third-order valence-corrected chi connectivity index (χ3v) is 12.1. The fraction of sp³-hybridized carbons (Fsp3) is 0.458.